The van der Waals surface area contributed by atoms with Gasteiger partial charge in [0.25, 0.3) is 0 Å². The van der Waals surface area contributed by atoms with Crippen LogP contribution in [0.4, 0.5) is 4.79 Å². The van der Waals surface area contributed by atoms with Gasteiger partial charge in [0.05, 0.1) is 6.42 Å². The number of rotatable bonds is 3. The van der Waals surface area contributed by atoms with E-state index in [0.29, 0.717) is 24.5 Å². The van der Waals surface area contributed by atoms with E-state index in [2.05, 4.69) is 5.32 Å². The summed E-state index contributed by atoms with van der Waals surface area (Å²) < 4.78 is 5.37. The smallest absolute Gasteiger partial charge is 0.410 e. The highest BCUT2D eigenvalue weighted by Gasteiger charge is 2.27. The van der Waals surface area contributed by atoms with Crippen molar-refractivity contribution >= 4 is 23.6 Å². The highest BCUT2D eigenvalue weighted by Crippen LogP contribution is 2.16. The normalized spacial score (nSPS) is 15.9. The number of ether oxygens (including phenoxy) is 1. The van der Waals surface area contributed by atoms with Gasteiger partial charge in [0.15, 0.2) is 0 Å². The average Bonchev–Trinajstić information content (AvgIpc) is 2.48. The fourth-order valence-electron chi connectivity index (χ4n) is 2.60. The van der Waals surface area contributed by atoms with Crippen molar-refractivity contribution in [3.8, 4) is 0 Å². The first kappa shape index (κ1) is 18.6. The highest BCUT2D eigenvalue weighted by atomic mass is 35.5. The molecule has 1 aromatic carbocycles. The minimum absolute atomic E-state index is 0.00644. The maximum atomic E-state index is 12.1. The first-order valence-corrected chi connectivity index (χ1v) is 8.62. The van der Waals surface area contributed by atoms with E-state index >= 15 is 0 Å². The topological polar surface area (TPSA) is 58.6 Å². The number of hydrogen-bond donors (Lipinski definition) is 1. The van der Waals surface area contributed by atoms with Crippen LogP contribution in [0, 0.1) is 0 Å². The molecular formula is C18H25ClN2O3. The lowest BCUT2D eigenvalue weighted by Gasteiger charge is -2.33. The Bertz CT molecular complexity index is 573. The molecule has 24 heavy (non-hydrogen) atoms. The van der Waals surface area contributed by atoms with Crippen LogP contribution in [0.25, 0.3) is 0 Å². The fraction of sp³-hybridized carbons (Fsp3) is 0.556. The van der Waals surface area contributed by atoms with Crippen LogP contribution in [0.15, 0.2) is 24.3 Å². The molecule has 6 heteroatoms. The summed E-state index contributed by atoms with van der Waals surface area (Å²) in [6.45, 7) is 6.76. The highest BCUT2D eigenvalue weighted by molar-refractivity contribution is 6.30. The largest absolute Gasteiger partial charge is 0.444 e. The summed E-state index contributed by atoms with van der Waals surface area (Å²) in [6.07, 6.45) is 1.54. The maximum absolute atomic E-state index is 12.1. The molecule has 1 aromatic rings. The summed E-state index contributed by atoms with van der Waals surface area (Å²) in [5.74, 6) is -0.00644. The predicted octanol–water partition coefficient (Wildman–Crippen LogP) is 3.40. The van der Waals surface area contributed by atoms with Crippen LogP contribution < -0.4 is 5.32 Å². The SMILES string of the molecule is CC(C)(C)OC(=O)N1CCC(NC(=O)Cc2ccc(Cl)cc2)CC1. The van der Waals surface area contributed by atoms with E-state index in [1.807, 2.05) is 32.9 Å². The van der Waals surface area contributed by atoms with Gasteiger partial charge in [-0.25, -0.2) is 4.79 Å². The van der Waals surface area contributed by atoms with E-state index in [1.165, 1.54) is 0 Å². The van der Waals surface area contributed by atoms with Crippen LogP contribution in [0.5, 0.6) is 0 Å². The van der Waals surface area contributed by atoms with Crippen LogP contribution >= 0.6 is 11.6 Å². The number of carbonyl (C=O) groups excluding carboxylic acids is 2. The maximum Gasteiger partial charge on any atom is 0.410 e. The fourth-order valence-corrected chi connectivity index (χ4v) is 2.73. The number of hydrogen-bond acceptors (Lipinski definition) is 3. The van der Waals surface area contributed by atoms with Gasteiger partial charge in [-0.05, 0) is 51.3 Å². The van der Waals surface area contributed by atoms with E-state index in [1.54, 1.807) is 17.0 Å². The average molecular weight is 353 g/mol. The molecule has 5 nitrogen and oxygen atoms in total. The molecule has 132 valence electrons. The Morgan fingerprint density at radius 1 is 1.21 bits per heavy atom. The molecule has 1 heterocycles. The lowest BCUT2D eigenvalue weighted by atomic mass is 10.0. The summed E-state index contributed by atoms with van der Waals surface area (Å²) >= 11 is 5.84. The molecule has 0 saturated carbocycles. The van der Waals surface area contributed by atoms with Crippen LogP contribution in [0.2, 0.25) is 5.02 Å². The van der Waals surface area contributed by atoms with Crippen molar-refractivity contribution in [1.82, 2.24) is 10.2 Å². The number of nitrogens with one attached hydrogen (secondary N) is 1. The van der Waals surface area contributed by atoms with Crippen molar-refractivity contribution in [3.05, 3.63) is 34.9 Å². The Morgan fingerprint density at radius 2 is 1.79 bits per heavy atom. The number of halogens is 1. The Balaban J connectivity index is 1.75. The third kappa shape index (κ3) is 6.04. The Hall–Kier alpha value is -1.75. The summed E-state index contributed by atoms with van der Waals surface area (Å²) in [5.41, 5.74) is 0.448. The van der Waals surface area contributed by atoms with Crippen molar-refractivity contribution < 1.29 is 14.3 Å². The van der Waals surface area contributed by atoms with E-state index in [4.69, 9.17) is 16.3 Å². The van der Waals surface area contributed by atoms with Crippen LogP contribution in [0.1, 0.15) is 39.2 Å². The molecule has 1 aliphatic rings. The first-order valence-electron chi connectivity index (χ1n) is 8.25. The van der Waals surface area contributed by atoms with Crippen molar-refractivity contribution in [2.45, 2.75) is 51.7 Å². The van der Waals surface area contributed by atoms with Crippen LogP contribution in [0.3, 0.4) is 0 Å². The van der Waals surface area contributed by atoms with Gasteiger partial charge in [-0.1, -0.05) is 23.7 Å². The molecule has 1 saturated heterocycles. The zero-order chi connectivity index (χ0) is 17.7. The van der Waals surface area contributed by atoms with Gasteiger partial charge >= 0.3 is 6.09 Å². The quantitative estimate of drug-likeness (QED) is 0.907. The number of carbonyl (C=O) groups is 2. The van der Waals surface area contributed by atoms with Crippen molar-refractivity contribution in [3.63, 3.8) is 0 Å². The molecule has 2 rings (SSSR count). The van der Waals surface area contributed by atoms with Gasteiger partial charge in [0, 0.05) is 24.2 Å². The van der Waals surface area contributed by atoms with E-state index in [9.17, 15) is 9.59 Å². The molecule has 0 radical (unpaired) electrons. The zero-order valence-corrected chi connectivity index (χ0v) is 15.2. The summed E-state index contributed by atoms with van der Waals surface area (Å²) in [7, 11) is 0. The molecule has 2 amide bonds. The molecule has 0 aromatic heterocycles. The van der Waals surface area contributed by atoms with Crippen molar-refractivity contribution in [2.24, 2.45) is 0 Å². The van der Waals surface area contributed by atoms with Gasteiger partial charge < -0.3 is 15.0 Å². The van der Waals surface area contributed by atoms with Crippen molar-refractivity contribution in [1.29, 1.82) is 0 Å². The van der Waals surface area contributed by atoms with Gasteiger partial charge in [-0.15, -0.1) is 0 Å². The summed E-state index contributed by atoms with van der Waals surface area (Å²) in [5, 5.41) is 3.70. The van der Waals surface area contributed by atoms with E-state index in [-0.39, 0.29) is 18.0 Å². The molecule has 0 unspecified atom stereocenters. The van der Waals surface area contributed by atoms with Gasteiger partial charge in [-0.2, -0.15) is 0 Å². The molecule has 1 fully saturated rings. The second-order valence-electron chi connectivity index (χ2n) is 7.11. The molecule has 0 aliphatic carbocycles. The van der Waals surface area contributed by atoms with Crippen LogP contribution in [-0.4, -0.2) is 41.6 Å². The Morgan fingerprint density at radius 3 is 2.33 bits per heavy atom. The Kier molecular flexibility index (Phi) is 6.10. The number of benzene rings is 1. The summed E-state index contributed by atoms with van der Waals surface area (Å²) in [6, 6.07) is 7.37. The molecule has 0 spiro atoms. The van der Waals surface area contributed by atoms with Crippen LogP contribution in [-0.2, 0) is 16.0 Å². The van der Waals surface area contributed by atoms with E-state index in [0.717, 1.165) is 18.4 Å². The standard InChI is InChI=1S/C18H25ClN2O3/c1-18(2,3)24-17(23)21-10-8-15(9-11-21)20-16(22)12-13-4-6-14(19)7-5-13/h4-7,15H,8-12H2,1-3H3,(H,20,22). The first-order chi connectivity index (χ1) is 11.2. The molecular weight excluding hydrogens is 328 g/mol. The number of likely N-dealkylation sites (tertiary alicyclic amines) is 1. The molecule has 0 atom stereocenters. The second-order valence-corrected chi connectivity index (χ2v) is 7.55. The third-order valence-corrected chi connectivity index (χ3v) is 4.04. The van der Waals surface area contributed by atoms with E-state index < -0.39 is 5.60 Å². The lowest BCUT2D eigenvalue weighted by Crippen LogP contribution is -2.48. The zero-order valence-electron chi connectivity index (χ0n) is 14.5. The minimum Gasteiger partial charge on any atom is -0.444 e. The summed E-state index contributed by atoms with van der Waals surface area (Å²) in [4.78, 5) is 25.8. The van der Waals surface area contributed by atoms with Gasteiger partial charge in [0.1, 0.15) is 5.60 Å². The molecule has 1 N–H and O–H groups in total. The monoisotopic (exact) mass is 352 g/mol. The Labute approximate surface area is 148 Å². The van der Waals surface area contributed by atoms with Crippen molar-refractivity contribution in [2.75, 3.05) is 13.1 Å². The second kappa shape index (κ2) is 7.88. The number of amides is 2. The molecule has 1 aliphatic heterocycles. The van der Waals surface area contributed by atoms with Gasteiger partial charge in [0.2, 0.25) is 5.91 Å². The number of nitrogens with zero attached hydrogens (tertiary/aromatic N) is 1. The third-order valence-electron chi connectivity index (χ3n) is 3.79. The number of piperidine rings is 1. The lowest BCUT2D eigenvalue weighted by molar-refractivity contribution is -0.121. The van der Waals surface area contributed by atoms with Gasteiger partial charge in [-0.3, -0.25) is 4.79 Å². The molecule has 0 bridgehead atoms. The minimum atomic E-state index is -0.485. The predicted molar refractivity (Wildman–Crippen MR) is 94.1 cm³/mol.